The summed E-state index contributed by atoms with van der Waals surface area (Å²) in [6.07, 6.45) is 5.45. The monoisotopic (exact) mass is 374 g/mol. The first-order chi connectivity index (χ1) is 13.3. The van der Waals surface area contributed by atoms with Crippen molar-refractivity contribution in [3.63, 3.8) is 0 Å². The molecule has 0 radical (unpaired) electrons. The number of benzene rings is 1. The molecule has 27 heavy (non-hydrogen) atoms. The summed E-state index contributed by atoms with van der Waals surface area (Å²) in [5, 5.41) is 7.45. The Hall–Kier alpha value is -3.25. The van der Waals surface area contributed by atoms with Crippen LogP contribution < -0.4 is 10.1 Å². The van der Waals surface area contributed by atoms with Gasteiger partial charge in [-0.15, -0.1) is 0 Å². The van der Waals surface area contributed by atoms with E-state index in [1.54, 1.807) is 24.6 Å². The molecule has 4 rings (SSSR count). The summed E-state index contributed by atoms with van der Waals surface area (Å²) in [4.78, 5) is 13.5. The van der Waals surface area contributed by atoms with Gasteiger partial charge in [-0.1, -0.05) is 12.1 Å². The summed E-state index contributed by atoms with van der Waals surface area (Å²) in [7, 11) is 1.67. The number of nitrogens with zero attached hydrogens (tertiary/aromatic N) is 3. The zero-order chi connectivity index (χ0) is 18.5. The van der Waals surface area contributed by atoms with Gasteiger partial charge in [0.2, 0.25) is 5.95 Å². The summed E-state index contributed by atoms with van der Waals surface area (Å²) in [5.41, 5.74) is 5.03. The SMILES string of the molecule is COc1cccc(CNc2ncc(-c3ccsc3)c(-c3cccnc3)n2)c1. The number of hydrogen-bond acceptors (Lipinski definition) is 6. The molecule has 0 aliphatic heterocycles. The molecule has 1 N–H and O–H groups in total. The third kappa shape index (κ3) is 3.96. The Morgan fingerprint density at radius 1 is 1.07 bits per heavy atom. The topological polar surface area (TPSA) is 59.9 Å². The first-order valence-corrected chi connectivity index (χ1v) is 9.44. The Morgan fingerprint density at radius 2 is 2.04 bits per heavy atom. The Kier molecular flexibility index (Phi) is 5.07. The van der Waals surface area contributed by atoms with Crippen LogP contribution >= 0.6 is 11.3 Å². The number of nitrogens with one attached hydrogen (secondary N) is 1. The van der Waals surface area contributed by atoms with Gasteiger partial charge in [-0.3, -0.25) is 4.98 Å². The lowest BCUT2D eigenvalue weighted by atomic mass is 10.0. The second-order valence-corrected chi connectivity index (χ2v) is 6.69. The molecule has 0 saturated carbocycles. The van der Waals surface area contributed by atoms with Crippen LogP contribution in [-0.4, -0.2) is 22.1 Å². The van der Waals surface area contributed by atoms with Crippen molar-refractivity contribution in [2.45, 2.75) is 6.54 Å². The molecule has 0 saturated heterocycles. The maximum Gasteiger partial charge on any atom is 0.223 e. The number of methoxy groups -OCH3 is 1. The second kappa shape index (κ2) is 7.97. The van der Waals surface area contributed by atoms with Gasteiger partial charge in [0.25, 0.3) is 0 Å². The first kappa shape index (κ1) is 17.2. The Labute approximate surface area is 161 Å². The van der Waals surface area contributed by atoms with Crippen molar-refractivity contribution in [2.24, 2.45) is 0 Å². The zero-order valence-electron chi connectivity index (χ0n) is 14.8. The Morgan fingerprint density at radius 3 is 2.81 bits per heavy atom. The van der Waals surface area contributed by atoms with Crippen molar-refractivity contribution in [3.8, 4) is 28.1 Å². The van der Waals surface area contributed by atoms with Crippen LogP contribution in [0.5, 0.6) is 5.75 Å². The lowest BCUT2D eigenvalue weighted by Crippen LogP contribution is -2.05. The summed E-state index contributed by atoms with van der Waals surface area (Å²) >= 11 is 1.65. The van der Waals surface area contributed by atoms with E-state index in [2.05, 4.69) is 32.1 Å². The fraction of sp³-hybridized carbons (Fsp3) is 0.0952. The van der Waals surface area contributed by atoms with Crippen LogP contribution in [0.3, 0.4) is 0 Å². The molecule has 0 aliphatic carbocycles. The predicted octanol–water partition coefficient (Wildman–Crippen LogP) is 4.89. The average molecular weight is 374 g/mol. The number of aromatic nitrogens is 3. The highest BCUT2D eigenvalue weighted by Gasteiger charge is 2.12. The quantitative estimate of drug-likeness (QED) is 0.521. The number of rotatable bonds is 6. The van der Waals surface area contributed by atoms with Crippen LogP contribution in [0.25, 0.3) is 22.4 Å². The third-order valence-corrected chi connectivity index (χ3v) is 4.82. The van der Waals surface area contributed by atoms with Gasteiger partial charge in [0.1, 0.15) is 5.75 Å². The molecule has 1 aromatic carbocycles. The molecule has 5 nitrogen and oxygen atoms in total. The fourth-order valence-corrected chi connectivity index (χ4v) is 3.44. The van der Waals surface area contributed by atoms with Gasteiger partial charge in [-0.25, -0.2) is 9.97 Å². The minimum atomic E-state index is 0.579. The van der Waals surface area contributed by atoms with E-state index in [1.807, 2.05) is 48.8 Å². The second-order valence-electron chi connectivity index (χ2n) is 5.91. The minimum Gasteiger partial charge on any atom is -0.497 e. The van der Waals surface area contributed by atoms with Crippen LogP contribution in [0, 0.1) is 0 Å². The highest BCUT2D eigenvalue weighted by molar-refractivity contribution is 7.08. The van der Waals surface area contributed by atoms with E-state index in [0.29, 0.717) is 12.5 Å². The third-order valence-electron chi connectivity index (χ3n) is 4.14. The smallest absolute Gasteiger partial charge is 0.223 e. The summed E-state index contributed by atoms with van der Waals surface area (Å²) in [6, 6.07) is 13.9. The Bertz CT molecular complexity index is 1020. The van der Waals surface area contributed by atoms with Crippen LogP contribution in [0.15, 0.2) is 71.8 Å². The highest BCUT2D eigenvalue weighted by atomic mass is 32.1. The molecule has 0 fully saturated rings. The van der Waals surface area contributed by atoms with Gasteiger partial charge < -0.3 is 10.1 Å². The Balaban J connectivity index is 1.64. The molecule has 3 aromatic heterocycles. The summed E-state index contributed by atoms with van der Waals surface area (Å²) in [6.45, 7) is 0.613. The summed E-state index contributed by atoms with van der Waals surface area (Å²) in [5.74, 6) is 1.41. The van der Waals surface area contributed by atoms with Gasteiger partial charge in [0, 0.05) is 36.3 Å². The molecule has 0 aliphatic rings. The van der Waals surface area contributed by atoms with Gasteiger partial charge in [-0.2, -0.15) is 11.3 Å². The van der Waals surface area contributed by atoms with Gasteiger partial charge in [-0.05, 0) is 52.2 Å². The molecule has 134 valence electrons. The van der Waals surface area contributed by atoms with Crippen LogP contribution in [0.2, 0.25) is 0 Å². The largest absolute Gasteiger partial charge is 0.497 e. The van der Waals surface area contributed by atoms with Crippen LogP contribution in [0.1, 0.15) is 5.56 Å². The molecule has 0 spiro atoms. The maximum absolute atomic E-state index is 5.28. The van der Waals surface area contributed by atoms with Gasteiger partial charge in [0.15, 0.2) is 0 Å². The highest BCUT2D eigenvalue weighted by Crippen LogP contribution is 2.31. The van der Waals surface area contributed by atoms with Crippen molar-refractivity contribution in [1.82, 2.24) is 15.0 Å². The van der Waals surface area contributed by atoms with E-state index in [9.17, 15) is 0 Å². The van der Waals surface area contributed by atoms with Crippen molar-refractivity contribution >= 4 is 17.3 Å². The van der Waals surface area contributed by atoms with E-state index in [-0.39, 0.29) is 0 Å². The molecule has 4 aromatic rings. The zero-order valence-corrected chi connectivity index (χ0v) is 15.6. The van der Waals surface area contributed by atoms with E-state index in [1.165, 1.54) is 0 Å². The number of hydrogen-bond donors (Lipinski definition) is 1. The van der Waals surface area contributed by atoms with Crippen molar-refractivity contribution in [2.75, 3.05) is 12.4 Å². The van der Waals surface area contributed by atoms with Crippen molar-refractivity contribution in [3.05, 3.63) is 77.4 Å². The molecule has 0 atom stereocenters. The predicted molar refractivity (Wildman–Crippen MR) is 109 cm³/mol. The average Bonchev–Trinajstić information content (AvgIpc) is 3.27. The normalized spacial score (nSPS) is 10.6. The lowest BCUT2D eigenvalue weighted by molar-refractivity contribution is 0.414. The van der Waals surface area contributed by atoms with Crippen molar-refractivity contribution in [1.29, 1.82) is 0 Å². The van der Waals surface area contributed by atoms with Gasteiger partial charge in [0.05, 0.1) is 12.8 Å². The fourth-order valence-electron chi connectivity index (χ4n) is 2.78. The van der Waals surface area contributed by atoms with Crippen LogP contribution in [0.4, 0.5) is 5.95 Å². The number of ether oxygens (including phenoxy) is 1. The number of thiophene rings is 1. The molecular formula is C21H18N4OS. The van der Waals surface area contributed by atoms with Gasteiger partial charge >= 0.3 is 0 Å². The molecule has 6 heteroatoms. The number of pyridine rings is 1. The van der Waals surface area contributed by atoms with E-state index >= 15 is 0 Å². The van der Waals surface area contributed by atoms with Crippen molar-refractivity contribution < 1.29 is 4.74 Å². The molecule has 0 amide bonds. The van der Waals surface area contributed by atoms with E-state index in [0.717, 1.165) is 33.7 Å². The van der Waals surface area contributed by atoms with E-state index < -0.39 is 0 Å². The molecular weight excluding hydrogens is 356 g/mol. The molecule has 0 bridgehead atoms. The molecule has 0 unspecified atom stereocenters. The number of anilines is 1. The molecule has 3 heterocycles. The van der Waals surface area contributed by atoms with E-state index in [4.69, 9.17) is 9.72 Å². The minimum absolute atomic E-state index is 0.579. The van der Waals surface area contributed by atoms with Crippen LogP contribution in [-0.2, 0) is 6.54 Å². The standard InChI is InChI=1S/C21H18N4OS/c1-26-18-6-2-4-15(10-18)11-23-21-24-13-19(17-7-9-27-14-17)20(25-21)16-5-3-8-22-12-16/h2-10,12-14H,11H2,1H3,(H,23,24,25). The lowest BCUT2D eigenvalue weighted by Gasteiger charge is -2.11. The summed E-state index contributed by atoms with van der Waals surface area (Å²) < 4.78 is 5.28. The first-order valence-electron chi connectivity index (χ1n) is 8.50. The maximum atomic E-state index is 5.28.